The molecule has 0 bridgehead atoms. The van der Waals surface area contributed by atoms with Gasteiger partial charge >= 0.3 is 0 Å². The summed E-state index contributed by atoms with van der Waals surface area (Å²) in [6, 6.07) is 3.88. The molecule has 1 fully saturated rings. The molecule has 1 aliphatic rings. The van der Waals surface area contributed by atoms with Crippen LogP contribution in [0, 0.1) is 5.41 Å². The van der Waals surface area contributed by atoms with Crippen LogP contribution in [0.2, 0.25) is 0 Å². The van der Waals surface area contributed by atoms with Crippen LogP contribution in [0.25, 0.3) is 0 Å². The van der Waals surface area contributed by atoms with Crippen molar-refractivity contribution in [1.29, 1.82) is 0 Å². The van der Waals surface area contributed by atoms with Crippen LogP contribution in [0.1, 0.15) is 32.4 Å². The Kier molecular flexibility index (Phi) is 6.31. The van der Waals surface area contributed by atoms with Crippen molar-refractivity contribution in [3.8, 4) is 11.5 Å². The second kappa shape index (κ2) is 7.83. The molecule has 0 saturated carbocycles. The van der Waals surface area contributed by atoms with Crippen LogP contribution in [-0.4, -0.2) is 54.5 Å². The number of aliphatic hydroxyl groups is 1. The highest BCUT2D eigenvalue weighted by Crippen LogP contribution is 2.44. The summed E-state index contributed by atoms with van der Waals surface area (Å²) in [5, 5.41) is 23.4. The second-order valence-electron chi connectivity index (χ2n) is 6.62. The molecule has 130 valence electrons. The lowest BCUT2D eigenvalue weighted by Crippen LogP contribution is -2.49. The number of ether oxygens (including phenoxy) is 1. The van der Waals surface area contributed by atoms with Crippen molar-refractivity contribution in [3.05, 3.63) is 22.2 Å². The van der Waals surface area contributed by atoms with E-state index in [1.807, 2.05) is 19.1 Å². The first kappa shape index (κ1) is 18.5. The standard InChI is InChI=1S/C17H27BrN2O3/c1-4-23-14-10-12(9-13(18)15(14)22)16(17(2,3)11-21)20-7-5-19-6-8-20/h9-10,16,19,21-22H,4-8,11H2,1-3H3/t16-/m0/s1. The van der Waals surface area contributed by atoms with Crippen molar-refractivity contribution in [2.24, 2.45) is 5.41 Å². The molecule has 1 aliphatic heterocycles. The molecule has 0 aromatic heterocycles. The lowest BCUT2D eigenvalue weighted by atomic mass is 9.79. The number of piperazine rings is 1. The highest BCUT2D eigenvalue weighted by Gasteiger charge is 2.36. The predicted octanol–water partition coefficient (Wildman–Crippen LogP) is 2.52. The van der Waals surface area contributed by atoms with Crippen LogP contribution in [-0.2, 0) is 0 Å². The predicted molar refractivity (Wildman–Crippen MR) is 95.0 cm³/mol. The smallest absolute Gasteiger partial charge is 0.172 e. The van der Waals surface area contributed by atoms with Crippen molar-refractivity contribution in [2.75, 3.05) is 39.4 Å². The summed E-state index contributed by atoms with van der Waals surface area (Å²) < 4.78 is 6.19. The lowest BCUT2D eigenvalue weighted by molar-refractivity contribution is 0.0303. The number of phenols is 1. The zero-order valence-corrected chi connectivity index (χ0v) is 15.7. The minimum absolute atomic E-state index is 0.0470. The van der Waals surface area contributed by atoms with Crippen molar-refractivity contribution >= 4 is 15.9 Å². The minimum atomic E-state index is -0.308. The minimum Gasteiger partial charge on any atom is -0.503 e. The number of aliphatic hydroxyl groups excluding tert-OH is 1. The number of rotatable bonds is 6. The summed E-state index contributed by atoms with van der Waals surface area (Å²) in [5.74, 6) is 0.599. The van der Waals surface area contributed by atoms with Gasteiger partial charge < -0.3 is 20.3 Å². The number of phenolic OH excluding ortho intramolecular Hbond substituents is 1. The van der Waals surface area contributed by atoms with Gasteiger partial charge in [0.05, 0.1) is 11.1 Å². The third kappa shape index (κ3) is 4.18. The summed E-state index contributed by atoms with van der Waals surface area (Å²) in [6.07, 6.45) is 0. The maximum atomic E-state index is 10.2. The van der Waals surface area contributed by atoms with Gasteiger partial charge in [-0.3, -0.25) is 4.90 Å². The third-order valence-electron chi connectivity index (χ3n) is 4.33. The summed E-state index contributed by atoms with van der Waals surface area (Å²) in [5.41, 5.74) is 0.733. The molecule has 1 aromatic carbocycles. The molecule has 1 saturated heterocycles. The molecule has 0 spiro atoms. The Labute approximate surface area is 146 Å². The zero-order valence-electron chi connectivity index (χ0n) is 14.1. The molecule has 0 unspecified atom stereocenters. The van der Waals surface area contributed by atoms with Gasteiger partial charge in [-0.05, 0) is 40.5 Å². The molecular weight excluding hydrogens is 360 g/mol. The molecule has 0 radical (unpaired) electrons. The fraction of sp³-hybridized carbons (Fsp3) is 0.647. The number of aromatic hydroxyl groups is 1. The first-order chi connectivity index (χ1) is 10.9. The molecule has 5 nitrogen and oxygen atoms in total. The number of hydrogen-bond acceptors (Lipinski definition) is 5. The van der Waals surface area contributed by atoms with Gasteiger partial charge in [0.25, 0.3) is 0 Å². The van der Waals surface area contributed by atoms with Crippen LogP contribution in [0.5, 0.6) is 11.5 Å². The molecule has 2 rings (SSSR count). The first-order valence-electron chi connectivity index (χ1n) is 8.11. The van der Waals surface area contributed by atoms with Crippen molar-refractivity contribution < 1.29 is 14.9 Å². The van der Waals surface area contributed by atoms with Crippen LogP contribution in [0.4, 0.5) is 0 Å². The van der Waals surface area contributed by atoms with Gasteiger partial charge in [0, 0.05) is 44.2 Å². The molecule has 1 atom stereocenters. The van der Waals surface area contributed by atoms with E-state index < -0.39 is 0 Å². The Morgan fingerprint density at radius 3 is 2.57 bits per heavy atom. The molecule has 3 N–H and O–H groups in total. The normalized spacial score (nSPS) is 18.0. The maximum absolute atomic E-state index is 10.2. The van der Waals surface area contributed by atoms with Crippen molar-refractivity contribution in [2.45, 2.75) is 26.8 Å². The summed E-state index contributed by atoms with van der Waals surface area (Å²) >= 11 is 3.42. The third-order valence-corrected chi connectivity index (χ3v) is 4.94. The summed E-state index contributed by atoms with van der Waals surface area (Å²) in [7, 11) is 0. The maximum Gasteiger partial charge on any atom is 0.172 e. The van der Waals surface area contributed by atoms with E-state index in [4.69, 9.17) is 4.74 Å². The Morgan fingerprint density at radius 1 is 1.35 bits per heavy atom. The first-order valence-corrected chi connectivity index (χ1v) is 8.91. The highest BCUT2D eigenvalue weighted by atomic mass is 79.9. The number of nitrogens with zero attached hydrogens (tertiary/aromatic N) is 1. The van der Waals surface area contributed by atoms with Crippen molar-refractivity contribution in [1.82, 2.24) is 10.2 Å². The Hall–Kier alpha value is -0.820. The number of hydrogen-bond donors (Lipinski definition) is 3. The van der Waals surface area contributed by atoms with Gasteiger partial charge in [-0.15, -0.1) is 0 Å². The van der Waals surface area contributed by atoms with Crippen LogP contribution in [0.3, 0.4) is 0 Å². The fourth-order valence-corrected chi connectivity index (χ4v) is 3.66. The van der Waals surface area contributed by atoms with Gasteiger partial charge in [0.2, 0.25) is 0 Å². The summed E-state index contributed by atoms with van der Waals surface area (Å²) in [4.78, 5) is 2.39. The van der Waals surface area contributed by atoms with Crippen LogP contribution in [0.15, 0.2) is 16.6 Å². The highest BCUT2D eigenvalue weighted by molar-refractivity contribution is 9.10. The number of nitrogens with one attached hydrogen (secondary N) is 1. The van der Waals surface area contributed by atoms with E-state index in [1.54, 1.807) is 0 Å². The van der Waals surface area contributed by atoms with Gasteiger partial charge in [-0.25, -0.2) is 0 Å². The van der Waals surface area contributed by atoms with E-state index in [1.165, 1.54) is 0 Å². The average molecular weight is 387 g/mol. The summed E-state index contributed by atoms with van der Waals surface area (Å²) in [6.45, 7) is 10.3. The molecular formula is C17H27BrN2O3. The van der Waals surface area contributed by atoms with Crippen LogP contribution < -0.4 is 10.1 Å². The Bertz CT molecular complexity index is 531. The van der Waals surface area contributed by atoms with E-state index in [0.717, 1.165) is 31.7 Å². The van der Waals surface area contributed by atoms with Crippen molar-refractivity contribution in [3.63, 3.8) is 0 Å². The van der Waals surface area contributed by atoms with E-state index in [9.17, 15) is 10.2 Å². The molecule has 0 amide bonds. The SMILES string of the molecule is CCOc1cc([C@H](N2CCNCC2)C(C)(C)CO)cc(Br)c1O. The zero-order chi connectivity index (χ0) is 17.0. The Morgan fingerprint density at radius 2 is 2.00 bits per heavy atom. The van der Waals surface area contributed by atoms with Gasteiger partial charge in [0.15, 0.2) is 11.5 Å². The second-order valence-corrected chi connectivity index (χ2v) is 7.47. The quantitative estimate of drug-likeness (QED) is 0.700. The number of benzene rings is 1. The van der Waals surface area contributed by atoms with Gasteiger partial charge in [-0.2, -0.15) is 0 Å². The Balaban J connectivity index is 2.46. The van der Waals surface area contributed by atoms with E-state index in [0.29, 0.717) is 16.8 Å². The largest absolute Gasteiger partial charge is 0.503 e. The van der Waals surface area contributed by atoms with E-state index in [2.05, 4.69) is 40.0 Å². The van der Waals surface area contributed by atoms with Crippen LogP contribution >= 0.6 is 15.9 Å². The van der Waals surface area contributed by atoms with Gasteiger partial charge in [-0.1, -0.05) is 13.8 Å². The monoisotopic (exact) mass is 386 g/mol. The molecule has 0 aliphatic carbocycles. The van der Waals surface area contributed by atoms with E-state index in [-0.39, 0.29) is 23.8 Å². The molecule has 1 aromatic rings. The average Bonchev–Trinajstić information content (AvgIpc) is 2.53. The lowest BCUT2D eigenvalue weighted by Gasteiger charge is -2.43. The number of halogens is 1. The molecule has 1 heterocycles. The topological polar surface area (TPSA) is 65.0 Å². The van der Waals surface area contributed by atoms with Gasteiger partial charge in [0.1, 0.15) is 0 Å². The molecule has 6 heteroatoms. The molecule has 23 heavy (non-hydrogen) atoms. The fourth-order valence-electron chi connectivity index (χ4n) is 3.20. The van der Waals surface area contributed by atoms with E-state index >= 15 is 0 Å².